The molecule has 0 aromatic heterocycles. The summed E-state index contributed by atoms with van der Waals surface area (Å²) in [4.78, 5) is 14.5. The van der Waals surface area contributed by atoms with Crippen molar-refractivity contribution in [2.24, 2.45) is 0 Å². The second kappa shape index (κ2) is 8.62. The quantitative estimate of drug-likeness (QED) is 0.829. The number of likely N-dealkylation sites (tertiary alicyclic amines) is 1. The zero-order valence-corrected chi connectivity index (χ0v) is 13.7. The Balaban J connectivity index is 1.73. The zero-order valence-electron chi connectivity index (χ0n) is 12.2. The van der Waals surface area contributed by atoms with E-state index in [1.807, 2.05) is 0 Å². The average molecular weight is 329 g/mol. The number of nitrogens with one attached hydrogen (secondary N) is 1. The van der Waals surface area contributed by atoms with E-state index in [-0.39, 0.29) is 5.91 Å². The molecule has 0 aliphatic carbocycles. The third-order valence-electron chi connectivity index (χ3n) is 3.83. The van der Waals surface area contributed by atoms with Crippen molar-refractivity contribution in [3.8, 4) is 0 Å². The molecule has 0 saturated carbocycles. The minimum atomic E-state index is -0.154. The van der Waals surface area contributed by atoms with Crippen molar-refractivity contribution in [1.82, 2.24) is 10.2 Å². The highest BCUT2D eigenvalue weighted by Gasteiger charge is 2.12. The number of halogens is 2. The molecule has 116 valence electrons. The Morgan fingerprint density at radius 1 is 1.14 bits per heavy atom. The lowest BCUT2D eigenvalue weighted by atomic mass is 10.2. The summed E-state index contributed by atoms with van der Waals surface area (Å²) in [6, 6.07) is 5.11. The average Bonchev–Trinajstić information content (AvgIpc) is 2.75. The van der Waals surface area contributed by atoms with Gasteiger partial charge in [-0.15, -0.1) is 0 Å². The van der Waals surface area contributed by atoms with E-state index in [9.17, 15) is 4.79 Å². The first-order chi connectivity index (χ1) is 10.2. The first-order valence-electron chi connectivity index (χ1n) is 7.63. The predicted molar refractivity (Wildman–Crippen MR) is 88.3 cm³/mol. The Hall–Kier alpha value is -0.770. The molecular weight excluding hydrogens is 307 g/mol. The van der Waals surface area contributed by atoms with E-state index < -0.39 is 0 Å². The van der Waals surface area contributed by atoms with Crippen LogP contribution in [0.15, 0.2) is 18.2 Å². The van der Waals surface area contributed by atoms with Crippen molar-refractivity contribution in [2.75, 3.05) is 26.2 Å². The first-order valence-corrected chi connectivity index (χ1v) is 8.38. The second-order valence-electron chi connectivity index (χ2n) is 5.47. The standard InChI is InChI=1S/C16H22Cl2N2O/c17-14-8-5-7-13(15(14)18)16(21)19-9-6-12-20-10-3-1-2-4-11-20/h5,7-8H,1-4,6,9-12H2,(H,19,21). The Morgan fingerprint density at radius 3 is 2.57 bits per heavy atom. The van der Waals surface area contributed by atoms with Gasteiger partial charge in [-0.25, -0.2) is 0 Å². The largest absolute Gasteiger partial charge is 0.352 e. The lowest BCUT2D eigenvalue weighted by Gasteiger charge is -2.19. The van der Waals surface area contributed by atoms with Gasteiger partial charge in [-0.05, 0) is 51.0 Å². The van der Waals surface area contributed by atoms with Crippen molar-refractivity contribution in [2.45, 2.75) is 32.1 Å². The predicted octanol–water partition coefficient (Wildman–Crippen LogP) is 3.99. The smallest absolute Gasteiger partial charge is 0.252 e. The van der Waals surface area contributed by atoms with Gasteiger partial charge in [0.2, 0.25) is 0 Å². The molecule has 1 aliphatic heterocycles. The number of rotatable bonds is 5. The summed E-state index contributed by atoms with van der Waals surface area (Å²) in [5.41, 5.74) is 0.443. The van der Waals surface area contributed by atoms with Gasteiger partial charge in [-0.3, -0.25) is 4.79 Å². The van der Waals surface area contributed by atoms with E-state index in [2.05, 4.69) is 10.2 Å². The molecule has 21 heavy (non-hydrogen) atoms. The van der Waals surface area contributed by atoms with Crippen LogP contribution in [-0.2, 0) is 0 Å². The minimum Gasteiger partial charge on any atom is -0.352 e. The third kappa shape index (κ3) is 5.17. The lowest BCUT2D eigenvalue weighted by Crippen LogP contribution is -2.30. The van der Waals surface area contributed by atoms with Crippen molar-refractivity contribution < 1.29 is 4.79 Å². The molecule has 1 saturated heterocycles. The van der Waals surface area contributed by atoms with Crippen LogP contribution in [0, 0.1) is 0 Å². The fourth-order valence-corrected chi connectivity index (χ4v) is 3.03. The maximum absolute atomic E-state index is 12.1. The van der Waals surface area contributed by atoms with Gasteiger partial charge in [0.15, 0.2) is 0 Å². The van der Waals surface area contributed by atoms with Crippen LogP contribution >= 0.6 is 23.2 Å². The van der Waals surface area contributed by atoms with Crippen molar-refractivity contribution >= 4 is 29.1 Å². The summed E-state index contributed by atoms with van der Waals surface area (Å²) in [7, 11) is 0. The van der Waals surface area contributed by atoms with Crippen LogP contribution in [-0.4, -0.2) is 37.0 Å². The van der Waals surface area contributed by atoms with Crippen LogP contribution in [0.2, 0.25) is 10.0 Å². The summed E-state index contributed by atoms with van der Waals surface area (Å²) in [5.74, 6) is -0.154. The molecule has 5 heteroatoms. The molecule has 1 amide bonds. The van der Waals surface area contributed by atoms with Crippen LogP contribution in [0.4, 0.5) is 0 Å². The van der Waals surface area contributed by atoms with Gasteiger partial charge in [0.1, 0.15) is 0 Å². The fraction of sp³-hybridized carbons (Fsp3) is 0.562. The van der Waals surface area contributed by atoms with Gasteiger partial charge in [-0.2, -0.15) is 0 Å². The molecule has 0 unspecified atom stereocenters. The molecule has 0 bridgehead atoms. The zero-order chi connectivity index (χ0) is 15.1. The van der Waals surface area contributed by atoms with E-state index in [1.165, 1.54) is 38.8 Å². The summed E-state index contributed by atoms with van der Waals surface area (Å²) < 4.78 is 0. The number of carbonyl (C=O) groups excluding carboxylic acids is 1. The van der Waals surface area contributed by atoms with Gasteiger partial charge in [0.25, 0.3) is 5.91 Å². The minimum absolute atomic E-state index is 0.154. The van der Waals surface area contributed by atoms with Gasteiger partial charge < -0.3 is 10.2 Å². The number of hydrogen-bond acceptors (Lipinski definition) is 2. The molecule has 0 radical (unpaired) electrons. The van der Waals surface area contributed by atoms with Crippen molar-refractivity contribution in [3.63, 3.8) is 0 Å². The molecule has 1 N–H and O–H groups in total. The van der Waals surface area contributed by atoms with Gasteiger partial charge in [0, 0.05) is 6.54 Å². The van der Waals surface area contributed by atoms with Crippen molar-refractivity contribution in [3.05, 3.63) is 33.8 Å². The van der Waals surface area contributed by atoms with Crippen LogP contribution in [0.5, 0.6) is 0 Å². The lowest BCUT2D eigenvalue weighted by molar-refractivity contribution is 0.0952. The number of benzene rings is 1. The second-order valence-corrected chi connectivity index (χ2v) is 6.25. The molecular formula is C16H22Cl2N2O. The molecule has 1 fully saturated rings. The Labute approximate surface area is 136 Å². The molecule has 0 atom stereocenters. The van der Waals surface area contributed by atoms with Crippen LogP contribution in [0.3, 0.4) is 0 Å². The highest BCUT2D eigenvalue weighted by atomic mass is 35.5. The van der Waals surface area contributed by atoms with E-state index in [1.54, 1.807) is 18.2 Å². The summed E-state index contributed by atoms with van der Waals surface area (Å²) >= 11 is 12.0. The molecule has 2 rings (SSSR count). The van der Waals surface area contributed by atoms with E-state index in [4.69, 9.17) is 23.2 Å². The van der Waals surface area contributed by atoms with E-state index >= 15 is 0 Å². The topological polar surface area (TPSA) is 32.3 Å². The number of hydrogen-bond donors (Lipinski definition) is 1. The molecule has 1 aliphatic rings. The van der Waals surface area contributed by atoms with Crippen LogP contribution in [0.25, 0.3) is 0 Å². The highest BCUT2D eigenvalue weighted by molar-refractivity contribution is 6.43. The van der Waals surface area contributed by atoms with E-state index in [0.29, 0.717) is 22.2 Å². The normalized spacial score (nSPS) is 16.5. The van der Waals surface area contributed by atoms with Gasteiger partial charge >= 0.3 is 0 Å². The summed E-state index contributed by atoms with van der Waals surface area (Å²) in [5, 5.41) is 3.65. The summed E-state index contributed by atoms with van der Waals surface area (Å²) in [6.07, 6.45) is 6.25. The molecule has 1 heterocycles. The number of nitrogens with zero attached hydrogens (tertiary/aromatic N) is 1. The Kier molecular flexibility index (Phi) is 6.81. The van der Waals surface area contributed by atoms with Gasteiger partial charge in [-0.1, -0.05) is 42.1 Å². The number of amides is 1. The first kappa shape index (κ1) is 16.6. The number of carbonyl (C=O) groups is 1. The highest BCUT2D eigenvalue weighted by Crippen LogP contribution is 2.25. The molecule has 1 aromatic carbocycles. The maximum Gasteiger partial charge on any atom is 0.252 e. The van der Waals surface area contributed by atoms with Gasteiger partial charge in [0.05, 0.1) is 15.6 Å². The van der Waals surface area contributed by atoms with Crippen LogP contribution < -0.4 is 5.32 Å². The Bertz CT molecular complexity index is 471. The van der Waals surface area contributed by atoms with Crippen molar-refractivity contribution in [1.29, 1.82) is 0 Å². The Morgan fingerprint density at radius 2 is 1.86 bits per heavy atom. The summed E-state index contributed by atoms with van der Waals surface area (Å²) in [6.45, 7) is 4.09. The molecule has 3 nitrogen and oxygen atoms in total. The fourth-order valence-electron chi connectivity index (χ4n) is 2.64. The maximum atomic E-state index is 12.1. The van der Waals surface area contributed by atoms with Crippen LogP contribution in [0.1, 0.15) is 42.5 Å². The SMILES string of the molecule is O=C(NCCCN1CCCCCC1)c1cccc(Cl)c1Cl. The monoisotopic (exact) mass is 328 g/mol. The third-order valence-corrected chi connectivity index (χ3v) is 4.65. The molecule has 1 aromatic rings. The van der Waals surface area contributed by atoms with E-state index in [0.717, 1.165) is 13.0 Å². The molecule has 0 spiro atoms.